The molecule has 2 aromatic carbocycles. The number of aliphatic hydroxyl groups excluding tert-OH is 1. The Morgan fingerprint density at radius 3 is 2.69 bits per heavy atom. The summed E-state index contributed by atoms with van der Waals surface area (Å²) >= 11 is 6.38. The maximum atomic E-state index is 11.8. The monoisotopic (exact) mass is 375 g/mol. The Morgan fingerprint density at radius 1 is 1.42 bits per heavy atom. The molecule has 3 atom stereocenters. The number of allylic oxidation sites excluding steroid dienone is 1. The van der Waals surface area contributed by atoms with E-state index in [0.29, 0.717) is 29.0 Å². The number of benzene rings is 2. The van der Waals surface area contributed by atoms with E-state index < -0.39 is 22.1 Å². The number of hydrogen-bond acceptors (Lipinski definition) is 5. The molecule has 1 N–H and O–H groups in total. The highest BCUT2D eigenvalue weighted by atomic mass is 35.5. The second-order valence-electron chi connectivity index (χ2n) is 5.99. The minimum atomic E-state index is -2.27. The second-order valence-corrected chi connectivity index (χ2v) is 6.60. The van der Waals surface area contributed by atoms with Crippen LogP contribution in [0.4, 0.5) is 0 Å². The number of halogens is 1. The molecule has 0 unspecified atom stereocenters. The number of nitrogens with zero attached hydrogens (tertiary/aromatic N) is 1. The molecule has 0 bridgehead atoms. The molecule has 0 amide bonds. The summed E-state index contributed by atoms with van der Waals surface area (Å²) in [6, 6.07) is 11.9. The van der Waals surface area contributed by atoms with Gasteiger partial charge in [-0.15, -0.1) is 6.58 Å². The Kier molecular flexibility index (Phi) is 4.89. The van der Waals surface area contributed by atoms with Crippen LogP contribution in [0.3, 0.4) is 0 Å². The lowest BCUT2D eigenvalue weighted by molar-refractivity contribution is -0.570. The van der Waals surface area contributed by atoms with Crippen molar-refractivity contribution in [1.29, 1.82) is 0 Å². The predicted octanol–water partition coefficient (Wildman–Crippen LogP) is 3.80. The minimum Gasteiger partial charge on any atom is -0.497 e. The minimum absolute atomic E-state index is 0.222. The smallest absolute Gasteiger partial charge is 0.364 e. The zero-order valence-corrected chi connectivity index (χ0v) is 14.8. The van der Waals surface area contributed by atoms with Gasteiger partial charge in [0, 0.05) is 16.7 Å². The normalized spacial score (nSPS) is 24.3. The van der Waals surface area contributed by atoms with Gasteiger partial charge < -0.3 is 14.6 Å². The van der Waals surface area contributed by atoms with Crippen molar-refractivity contribution in [3.05, 3.63) is 81.9 Å². The first-order valence-corrected chi connectivity index (χ1v) is 8.36. The molecule has 6 nitrogen and oxygen atoms in total. The standard InChI is InChI=1S/C19H18ClNO5/c1-3-7-13-10-14(25-2)11-15-16(13)26-18(12-8-5-4-6-9-12)19(20,17(15)22)21(23)24/h3-6,8-11,17-18,22H,1,7H2,2H3/t17-,18-,19+/m0/s1. The highest BCUT2D eigenvalue weighted by Crippen LogP contribution is 2.53. The number of methoxy groups -OCH3 is 1. The molecule has 26 heavy (non-hydrogen) atoms. The molecule has 1 aliphatic rings. The second kappa shape index (κ2) is 6.97. The van der Waals surface area contributed by atoms with E-state index in [1.807, 2.05) is 0 Å². The highest BCUT2D eigenvalue weighted by molar-refractivity contribution is 6.23. The van der Waals surface area contributed by atoms with Gasteiger partial charge in [0.25, 0.3) is 0 Å². The first-order chi connectivity index (χ1) is 12.4. The van der Waals surface area contributed by atoms with E-state index >= 15 is 0 Å². The van der Waals surface area contributed by atoms with Crippen molar-refractivity contribution in [2.75, 3.05) is 7.11 Å². The van der Waals surface area contributed by atoms with E-state index in [1.54, 1.807) is 42.5 Å². The lowest BCUT2D eigenvalue weighted by Crippen LogP contribution is -2.49. The van der Waals surface area contributed by atoms with E-state index in [1.165, 1.54) is 13.2 Å². The molecule has 1 aliphatic heterocycles. The average molecular weight is 376 g/mol. The molecule has 0 aromatic heterocycles. The first kappa shape index (κ1) is 18.2. The molecule has 0 radical (unpaired) electrons. The van der Waals surface area contributed by atoms with Crippen LogP contribution in [0.1, 0.15) is 28.9 Å². The van der Waals surface area contributed by atoms with Crippen LogP contribution in [0.2, 0.25) is 0 Å². The van der Waals surface area contributed by atoms with E-state index in [0.717, 1.165) is 0 Å². The molecular formula is C19H18ClNO5. The van der Waals surface area contributed by atoms with Gasteiger partial charge in [0.2, 0.25) is 6.10 Å². The van der Waals surface area contributed by atoms with Crippen LogP contribution in [0, 0.1) is 10.1 Å². The fraction of sp³-hybridized carbons (Fsp3) is 0.263. The number of rotatable bonds is 5. The highest BCUT2D eigenvalue weighted by Gasteiger charge is 2.62. The summed E-state index contributed by atoms with van der Waals surface area (Å²) in [5.41, 5.74) is 1.43. The Balaban J connectivity index is 2.23. The van der Waals surface area contributed by atoms with Gasteiger partial charge in [-0.2, -0.15) is 0 Å². The van der Waals surface area contributed by atoms with Gasteiger partial charge in [-0.25, -0.2) is 0 Å². The third-order valence-electron chi connectivity index (χ3n) is 4.43. The Bertz CT molecular complexity index is 841. The number of hydrogen-bond donors (Lipinski definition) is 1. The molecule has 0 saturated heterocycles. The zero-order valence-electron chi connectivity index (χ0n) is 14.1. The molecular weight excluding hydrogens is 358 g/mol. The van der Waals surface area contributed by atoms with Crippen LogP contribution in [0.25, 0.3) is 0 Å². The summed E-state index contributed by atoms with van der Waals surface area (Å²) in [5.74, 6) is 0.814. The van der Waals surface area contributed by atoms with Gasteiger partial charge in [-0.05, 0) is 30.2 Å². The molecule has 3 rings (SSSR count). The molecule has 0 fully saturated rings. The maximum Gasteiger partial charge on any atom is 0.364 e. The summed E-state index contributed by atoms with van der Waals surface area (Å²) in [7, 11) is 1.48. The zero-order chi connectivity index (χ0) is 18.9. The van der Waals surface area contributed by atoms with Gasteiger partial charge in [0.15, 0.2) is 6.10 Å². The Hall–Kier alpha value is -2.57. The van der Waals surface area contributed by atoms with E-state index in [-0.39, 0.29) is 5.56 Å². The van der Waals surface area contributed by atoms with E-state index in [4.69, 9.17) is 21.1 Å². The van der Waals surface area contributed by atoms with Gasteiger partial charge in [0.1, 0.15) is 11.5 Å². The van der Waals surface area contributed by atoms with Gasteiger partial charge >= 0.3 is 5.00 Å². The number of ether oxygens (including phenoxy) is 2. The third-order valence-corrected chi connectivity index (χ3v) is 4.97. The molecule has 0 spiro atoms. The summed E-state index contributed by atoms with van der Waals surface area (Å²) in [6.07, 6.45) is -0.633. The Labute approximate surface area is 155 Å². The van der Waals surface area contributed by atoms with Crippen LogP contribution in [0.5, 0.6) is 11.5 Å². The first-order valence-electron chi connectivity index (χ1n) is 7.98. The molecule has 2 aromatic rings. The predicted molar refractivity (Wildman–Crippen MR) is 97.2 cm³/mol. The summed E-state index contributed by atoms with van der Waals surface area (Å²) in [4.78, 5) is 8.86. The Morgan fingerprint density at radius 2 is 2.12 bits per heavy atom. The summed E-state index contributed by atoms with van der Waals surface area (Å²) in [5, 5.41) is 22.7. The molecule has 136 valence electrons. The fourth-order valence-corrected chi connectivity index (χ4v) is 3.43. The van der Waals surface area contributed by atoms with Crippen LogP contribution in [-0.2, 0) is 6.42 Å². The van der Waals surface area contributed by atoms with Crippen LogP contribution < -0.4 is 9.47 Å². The lowest BCUT2D eigenvalue weighted by atomic mass is 9.88. The molecule has 0 aliphatic carbocycles. The van der Waals surface area contributed by atoms with Crippen molar-refractivity contribution in [2.24, 2.45) is 0 Å². The summed E-state index contributed by atoms with van der Waals surface area (Å²) < 4.78 is 11.3. The van der Waals surface area contributed by atoms with E-state index in [2.05, 4.69) is 6.58 Å². The number of fused-ring (bicyclic) bond motifs is 1. The maximum absolute atomic E-state index is 11.8. The average Bonchev–Trinajstić information content (AvgIpc) is 2.65. The van der Waals surface area contributed by atoms with Gasteiger partial charge in [-0.3, -0.25) is 10.1 Å². The molecule has 7 heteroatoms. The van der Waals surface area contributed by atoms with Crippen molar-refractivity contribution in [3.8, 4) is 11.5 Å². The molecule has 1 heterocycles. The van der Waals surface area contributed by atoms with Gasteiger partial charge in [-0.1, -0.05) is 36.4 Å². The van der Waals surface area contributed by atoms with Crippen LogP contribution in [-0.4, -0.2) is 22.1 Å². The van der Waals surface area contributed by atoms with Gasteiger partial charge in [0.05, 0.1) is 12.0 Å². The SMILES string of the molecule is C=CCc1cc(OC)cc2c1O[C@@H](c1ccccc1)[C@](Cl)([N+](=O)[O-])[C@H]2O. The third kappa shape index (κ3) is 2.81. The number of aliphatic hydroxyl groups is 1. The summed E-state index contributed by atoms with van der Waals surface area (Å²) in [6.45, 7) is 3.72. The van der Waals surface area contributed by atoms with Crippen LogP contribution >= 0.6 is 11.6 Å². The lowest BCUT2D eigenvalue weighted by Gasteiger charge is -2.38. The van der Waals surface area contributed by atoms with Crippen LogP contribution in [0.15, 0.2) is 55.1 Å². The van der Waals surface area contributed by atoms with Crippen molar-refractivity contribution in [1.82, 2.24) is 0 Å². The van der Waals surface area contributed by atoms with Crippen molar-refractivity contribution < 1.29 is 19.5 Å². The van der Waals surface area contributed by atoms with Crippen molar-refractivity contribution in [2.45, 2.75) is 23.6 Å². The number of alkyl halides is 1. The van der Waals surface area contributed by atoms with Crippen molar-refractivity contribution in [3.63, 3.8) is 0 Å². The quantitative estimate of drug-likeness (QED) is 0.282. The number of nitro groups is 1. The fourth-order valence-electron chi connectivity index (χ4n) is 3.14. The topological polar surface area (TPSA) is 81.8 Å². The van der Waals surface area contributed by atoms with E-state index in [9.17, 15) is 15.2 Å². The van der Waals surface area contributed by atoms with Crippen molar-refractivity contribution >= 4 is 11.6 Å². The molecule has 0 saturated carbocycles. The largest absolute Gasteiger partial charge is 0.497 e.